The van der Waals surface area contributed by atoms with Crippen LogP contribution in [0.1, 0.15) is 146 Å². The molecule has 2 N–H and O–H groups in total. The number of nitrogens with zero attached hydrogens (tertiary/aromatic N) is 1. The van der Waals surface area contributed by atoms with E-state index in [0.717, 1.165) is 11.3 Å². The average Bonchev–Trinajstić information content (AvgIpc) is 3.68. The molecule has 276 valence electrons. The van der Waals surface area contributed by atoms with Crippen molar-refractivity contribution in [2.24, 2.45) is 0 Å². The lowest BCUT2D eigenvalue weighted by Gasteiger charge is -2.11. The Kier molecular flexibility index (Phi) is 32.8. The van der Waals surface area contributed by atoms with Crippen LogP contribution in [0.3, 0.4) is 0 Å². The van der Waals surface area contributed by atoms with Crippen LogP contribution in [0.2, 0.25) is 0 Å². The molecule has 2 aromatic carbocycles. The Morgan fingerprint density at radius 2 is 1.06 bits per heavy atom. The summed E-state index contributed by atoms with van der Waals surface area (Å²) in [5.74, 6) is -0.482. The van der Waals surface area contributed by atoms with Crippen LogP contribution in [-0.4, -0.2) is 30.2 Å². The molecule has 7 heteroatoms. The highest BCUT2D eigenvalue weighted by atomic mass is 16.2. The normalized spacial score (nSPS) is 16.7. The Hall–Kier alpha value is -4.00. The molecule has 49 heavy (non-hydrogen) atoms. The number of hydrogen-bond acceptors (Lipinski definition) is 4. The first-order valence-electron chi connectivity index (χ1n) is 18.2. The third-order valence-electron chi connectivity index (χ3n) is 6.99. The smallest absolute Gasteiger partial charge is 0.329 e. The predicted octanol–water partition coefficient (Wildman–Crippen LogP) is 11.3. The molecule has 2 aliphatic carbocycles. The molecule has 4 aliphatic rings. The second kappa shape index (κ2) is 32.5. The van der Waals surface area contributed by atoms with E-state index in [2.05, 4.69) is 36.6 Å². The van der Waals surface area contributed by atoms with E-state index in [-0.39, 0.29) is 44.0 Å². The van der Waals surface area contributed by atoms with Gasteiger partial charge in [0.2, 0.25) is 11.8 Å². The standard InChI is InChI=1S/C10H9NO2.C9H8N2O2.2C7H12.4C2H6.CH4/c12-8-6-9(13)11-10(8)7-4-2-1-3-5-7;12-8-6-11(9(13)10-8)7-4-2-1-3-5-7;2*1-7-5-3-2-4-6-7;4*1-2;/h1-5,10H,6H2,(H,11,13);1-5H,6H2,(H,10,12,13);2*5H,2-4,6H2,1H3;4*1-2H3;1H4. The van der Waals surface area contributed by atoms with Crippen molar-refractivity contribution >= 4 is 29.3 Å². The molecule has 2 saturated heterocycles. The number of carbonyl (C=O) groups excluding carboxylic acids is 4. The van der Waals surface area contributed by atoms with E-state index in [1.54, 1.807) is 23.3 Å². The van der Waals surface area contributed by atoms with E-state index in [4.69, 9.17) is 0 Å². The third kappa shape index (κ3) is 21.6. The second-order valence-corrected chi connectivity index (χ2v) is 10.4. The van der Waals surface area contributed by atoms with Crippen LogP contribution in [-0.2, 0) is 14.4 Å². The quantitative estimate of drug-likeness (QED) is 0.188. The zero-order valence-electron chi connectivity index (χ0n) is 31.7. The minimum absolute atomic E-state index is 0. The SMILES string of the molecule is C.CC.CC.CC.CC.CC1=CCCCC1.CC1=CCCCC1.O=C1CC(=O)C(c2ccccc2)N1.O=C1CN(c2ccccc2)C(=O)N1. The van der Waals surface area contributed by atoms with Gasteiger partial charge in [0, 0.05) is 5.69 Å². The minimum Gasteiger partial charge on any atom is -0.342 e. The van der Waals surface area contributed by atoms with Gasteiger partial charge in [-0.1, -0.05) is 135 Å². The van der Waals surface area contributed by atoms with Gasteiger partial charge in [-0.3, -0.25) is 24.6 Å². The number of Topliss-reactive ketones (excluding diaryl/α,β-unsaturated/α-hetero) is 1. The lowest BCUT2D eigenvalue weighted by molar-refractivity contribution is -0.122. The average molecular weight is 680 g/mol. The van der Waals surface area contributed by atoms with Crippen LogP contribution >= 0.6 is 0 Å². The van der Waals surface area contributed by atoms with E-state index >= 15 is 0 Å². The maximum atomic E-state index is 11.3. The molecule has 2 heterocycles. The van der Waals surface area contributed by atoms with Crippen molar-refractivity contribution in [3.05, 3.63) is 89.5 Å². The summed E-state index contributed by atoms with van der Waals surface area (Å²) < 4.78 is 0. The number of amides is 4. The van der Waals surface area contributed by atoms with Gasteiger partial charge in [0.05, 0.1) is 6.42 Å². The van der Waals surface area contributed by atoms with Crippen LogP contribution in [0.5, 0.6) is 0 Å². The van der Waals surface area contributed by atoms with Gasteiger partial charge >= 0.3 is 6.03 Å². The molecule has 2 aromatic rings. The molecule has 4 amide bonds. The highest BCUT2D eigenvalue weighted by Crippen LogP contribution is 2.20. The second-order valence-electron chi connectivity index (χ2n) is 10.4. The summed E-state index contributed by atoms with van der Waals surface area (Å²) in [6, 6.07) is 17.6. The number of benzene rings is 2. The van der Waals surface area contributed by atoms with Gasteiger partial charge in [0.1, 0.15) is 12.6 Å². The Morgan fingerprint density at radius 3 is 1.37 bits per heavy atom. The van der Waals surface area contributed by atoms with Crippen molar-refractivity contribution < 1.29 is 19.2 Å². The Labute approximate surface area is 300 Å². The van der Waals surface area contributed by atoms with Crippen molar-refractivity contribution in [1.29, 1.82) is 0 Å². The molecule has 6 rings (SSSR count). The summed E-state index contributed by atoms with van der Waals surface area (Å²) in [5.41, 5.74) is 4.78. The van der Waals surface area contributed by atoms with E-state index < -0.39 is 6.04 Å². The Morgan fingerprint density at radius 1 is 0.612 bits per heavy atom. The molecule has 0 aromatic heterocycles. The van der Waals surface area contributed by atoms with Crippen LogP contribution < -0.4 is 15.5 Å². The van der Waals surface area contributed by atoms with Crippen molar-refractivity contribution in [2.75, 3.05) is 11.4 Å². The molecule has 1 atom stereocenters. The topological polar surface area (TPSA) is 95.6 Å². The summed E-state index contributed by atoms with van der Waals surface area (Å²) in [4.78, 5) is 45.7. The number of anilines is 1. The highest BCUT2D eigenvalue weighted by Gasteiger charge is 2.30. The number of imide groups is 1. The highest BCUT2D eigenvalue weighted by molar-refractivity contribution is 6.12. The number of nitrogens with one attached hydrogen (secondary N) is 2. The fourth-order valence-electron chi connectivity index (χ4n) is 4.72. The minimum atomic E-state index is -0.423. The largest absolute Gasteiger partial charge is 0.342 e. The number of rotatable bonds is 2. The van der Waals surface area contributed by atoms with Crippen LogP contribution in [0.25, 0.3) is 0 Å². The van der Waals surface area contributed by atoms with Crippen molar-refractivity contribution in [3.63, 3.8) is 0 Å². The monoisotopic (exact) mass is 680 g/mol. The summed E-state index contributed by atoms with van der Waals surface area (Å²) in [6.07, 6.45) is 15.7. The van der Waals surface area contributed by atoms with E-state index in [0.29, 0.717) is 0 Å². The van der Waals surface area contributed by atoms with Crippen molar-refractivity contribution in [1.82, 2.24) is 10.6 Å². The fourth-order valence-corrected chi connectivity index (χ4v) is 4.72. The molecular weight excluding hydrogens is 610 g/mol. The van der Waals surface area contributed by atoms with Crippen molar-refractivity contribution in [3.8, 4) is 0 Å². The van der Waals surface area contributed by atoms with E-state index in [1.807, 2.05) is 104 Å². The van der Waals surface area contributed by atoms with E-state index in [9.17, 15) is 19.2 Å². The summed E-state index contributed by atoms with van der Waals surface area (Å²) in [6.45, 7) is 20.6. The maximum Gasteiger partial charge on any atom is 0.329 e. The van der Waals surface area contributed by atoms with Crippen LogP contribution in [0.15, 0.2) is 84.0 Å². The molecule has 2 aliphatic heterocycles. The molecule has 0 spiro atoms. The zero-order chi connectivity index (χ0) is 36.7. The van der Waals surface area contributed by atoms with Gasteiger partial charge in [-0.25, -0.2) is 4.79 Å². The Bertz CT molecular complexity index is 1110. The summed E-state index contributed by atoms with van der Waals surface area (Å²) in [5, 5.41) is 4.84. The van der Waals surface area contributed by atoms with Gasteiger partial charge in [0.15, 0.2) is 5.78 Å². The number of hydrogen-bond donors (Lipinski definition) is 2. The van der Waals surface area contributed by atoms with E-state index in [1.165, 1.54) is 56.3 Å². The first-order valence-corrected chi connectivity index (χ1v) is 18.2. The summed E-state index contributed by atoms with van der Waals surface area (Å²) in [7, 11) is 0. The summed E-state index contributed by atoms with van der Waals surface area (Å²) >= 11 is 0. The van der Waals surface area contributed by atoms with Gasteiger partial charge < -0.3 is 5.32 Å². The van der Waals surface area contributed by atoms with Crippen LogP contribution in [0, 0.1) is 0 Å². The zero-order valence-corrected chi connectivity index (χ0v) is 31.7. The van der Waals surface area contributed by atoms with Gasteiger partial charge in [-0.05, 0) is 82.9 Å². The number of para-hydroxylation sites is 1. The third-order valence-corrected chi connectivity index (χ3v) is 6.99. The molecule has 2 fully saturated rings. The van der Waals surface area contributed by atoms with Gasteiger partial charge in [-0.2, -0.15) is 0 Å². The van der Waals surface area contributed by atoms with Crippen molar-refractivity contribution in [2.45, 2.75) is 140 Å². The van der Waals surface area contributed by atoms with Gasteiger partial charge in [-0.15, -0.1) is 0 Å². The lowest BCUT2D eigenvalue weighted by atomic mass is 10.0. The molecule has 0 bridgehead atoms. The lowest BCUT2D eigenvalue weighted by Crippen LogP contribution is -2.27. The first-order chi connectivity index (χ1) is 23.3. The Balaban J connectivity index is -0.000000550. The number of ketones is 1. The molecule has 0 saturated carbocycles. The molecule has 7 nitrogen and oxygen atoms in total. The molecule has 0 radical (unpaired) electrons. The predicted molar refractivity (Wildman–Crippen MR) is 211 cm³/mol. The number of carbonyl (C=O) groups is 4. The number of allylic oxidation sites excluding steroid dienone is 4. The van der Waals surface area contributed by atoms with Crippen LogP contribution in [0.4, 0.5) is 10.5 Å². The molecular formula is C42H69N3O4. The first kappa shape index (κ1) is 49.4. The maximum absolute atomic E-state index is 11.3. The molecule has 1 unspecified atom stereocenters. The fraction of sp³-hybridized carbons (Fsp3) is 0.524. The number of urea groups is 1. The van der Waals surface area contributed by atoms with Gasteiger partial charge in [0.25, 0.3) is 0 Å².